The van der Waals surface area contributed by atoms with Crippen LogP contribution in [0, 0.1) is 0 Å². The number of thioether (sulfide) groups is 1. The molecule has 0 fully saturated rings. The van der Waals surface area contributed by atoms with Crippen molar-refractivity contribution in [1.29, 1.82) is 0 Å². The summed E-state index contributed by atoms with van der Waals surface area (Å²) in [6.07, 6.45) is 25.7. The maximum absolute atomic E-state index is 13.1. The van der Waals surface area contributed by atoms with E-state index in [1.54, 1.807) is 23.9 Å². The van der Waals surface area contributed by atoms with E-state index >= 15 is 0 Å². The minimum Gasteiger partial charge on any atom is -0.341 e. The summed E-state index contributed by atoms with van der Waals surface area (Å²) in [5, 5.41) is 3.62. The summed E-state index contributed by atoms with van der Waals surface area (Å²) in [6, 6.07) is 1.62. The highest BCUT2D eigenvalue weighted by Gasteiger charge is 2.18. The molecular weight excluding hydrogens is 426 g/mol. The third kappa shape index (κ3) is 6.36. The van der Waals surface area contributed by atoms with Crippen LogP contribution in [0.2, 0.25) is 0 Å². The van der Waals surface area contributed by atoms with Gasteiger partial charge in [-0.05, 0) is 51.0 Å². The first-order valence-corrected chi connectivity index (χ1v) is 12.1. The number of hydrogen-bond acceptors (Lipinski definition) is 4. The van der Waals surface area contributed by atoms with Crippen molar-refractivity contribution in [3.05, 3.63) is 108 Å². The molecule has 0 saturated carbocycles. The van der Waals surface area contributed by atoms with Gasteiger partial charge in [-0.1, -0.05) is 55.2 Å². The molecule has 1 atom stereocenters. The maximum atomic E-state index is 13.1. The maximum Gasteiger partial charge on any atom is 0.193 e. The number of anilines is 1. The number of aromatic nitrogens is 1. The molecule has 0 aliphatic heterocycles. The second kappa shape index (κ2) is 12.1. The summed E-state index contributed by atoms with van der Waals surface area (Å²) < 4.78 is 2.00. The van der Waals surface area contributed by atoms with Gasteiger partial charge in [-0.15, -0.1) is 18.3 Å². The molecule has 0 bridgehead atoms. The molecule has 1 N–H and O–H groups in total. The predicted molar refractivity (Wildman–Crippen MR) is 147 cm³/mol. The van der Waals surface area contributed by atoms with Crippen molar-refractivity contribution in [3.8, 4) is 0 Å². The van der Waals surface area contributed by atoms with Gasteiger partial charge >= 0.3 is 0 Å². The number of aliphatic imine (C=N–C) groups is 1. The Bertz CT molecular complexity index is 1170. The van der Waals surface area contributed by atoms with E-state index in [9.17, 15) is 4.79 Å². The fraction of sp³-hybridized carbons (Fsp3) is 0.214. The van der Waals surface area contributed by atoms with Gasteiger partial charge in [0.1, 0.15) is 11.6 Å². The van der Waals surface area contributed by atoms with Gasteiger partial charge < -0.3 is 5.32 Å². The van der Waals surface area contributed by atoms with Crippen molar-refractivity contribution in [1.82, 2.24) is 4.57 Å². The van der Waals surface area contributed by atoms with Crippen LogP contribution in [0.3, 0.4) is 0 Å². The Morgan fingerprint density at radius 3 is 2.64 bits per heavy atom. The molecule has 33 heavy (non-hydrogen) atoms. The molecular formula is C28H31N3OS. The van der Waals surface area contributed by atoms with E-state index in [1.807, 2.05) is 47.9 Å². The second-order valence-electron chi connectivity index (χ2n) is 7.66. The lowest BCUT2D eigenvalue weighted by molar-refractivity contribution is 1.05. The van der Waals surface area contributed by atoms with E-state index in [1.165, 1.54) is 0 Å². The van der Waals surface area contributed by atoms with Crippen LogP contribution in [0.15, 0.2) is 102 Å². The Balaban J connectivity index is 2.24. The fourth-order valence-electron chi connectivity index (χ4n) is 3.39. The zero-order valence-electron chi connectivity index (χ0n) is 19.3. The lowest BCUT2D eigenvalue weighted by Crippen LogP contribution is -2.17. The third-order valence-electron chi connectivity index (χ3n) is 5.24. The quantitative estimate of drug-likeness (QED) is 0.319. The molecule has 170 valence electrons. The first-order chi connectivity index (χ1) is 16.0. The van der Waals surface area contributed by atoms with Crippen LogP contribution >= 0.6 is 11.8 Å². The zero-order chi connectivity index (χ0) is 23.6. The molecule has 3 rings (SSSR count). The van der Waals surface area contributed by atoms with Crippen LogP contribution in [0.5, 0.6) is 0 Å². The van der Waals surface area contributed by atoms with Crippen LogP contribution in [0.25, 0.3) is 11.8 Å². The fourth-order valence-corrected chi connectivity index (χ4v) is 4.10. The summed E-state index contributed by atoms with van der Waals surface area (Å²) in [5.74, 6) is 2.06. The Morgan fingerprint density at radius 2 is 1.91 bits per heavy atom. The van der Waals surface area contributed by atoms with E-state index < -0.39 is 0 Å². The lowest BCUT2D eigenvalue weighted by atomic mass is 10.2. The monoisotopic (exact) mass is 457 g/mol. The largest absolute Gasteiger partial charge is 0.341 e. The van der Waals surface area contributed by atoms with Crippen LogP contribution in [-0.2, 0) is 0 Å². The molecule has 1 aromatic rings. The molecule has 1 heterocycles. The van der Waals surface area contributed by atoms with Crippen molar-refractivity contribution in [2.24, 2.45) is 4.99 Å². The van der Waals surface area contributed by atoms with Gasteiger partial charge in [0.25, 0.3) is 0 Å². The highest BCUT2D eigenvalue weighted by molar-refractivity contribution is 8.00. The van der Waals surface area contributed by atoms with E-state index in [-0.39, 0.29) is 10.7 Å². The molecule has 1 unspecified atom stereocenters. The summed E-state index contributed by atoms with van der Waals surface area (Å²) in [7, 11) is 0. The van der Waals surface area contributed by atoms with Crippen molar-refractivity contribution in [2.75, 3.05) is 11.1 Å². The third-order valence-corrected chi connectivity index (χ3v) is 6.51. The smallest absolute Gasteiger partial charge is 0.193 e. The Morgan fingerprint density at radius 1 is 1.18 bits per heavy atom. The predicted octanol–water partition coefficient (Wildman–Crippen LogP) is 7.06. The average Bonchev–Trinajstić information content (AvgIpc) is 3.23. The lowest BCUT2D eigenvalue weighted by Gasteiger charge is -2.21. The average molecular weight is 458 g/mol. The topological polar surface area (TPSA) is 46.4 Å². The van der Waals surface area contributed by atoms with Gasteiger partial charge in [-0.3, -0.25) is 9.36 Å². The van der Waals surface area contributed by atoms with Gasteiger partial charge in [0.2, 0.25) is 0 Å². The van der Waals surface area contributed by atoms with Crippen molar-refractivity contribution in [2.45, 2.75) is 31.9 Å². The first kappa shape index (κ1) is 24.3. The van der Waals surface area contributed by atoms with Gasteiger partial charge in [0.15, 0.2) is 5.43 Å². The number of rotatable bonds is 9. The van der Waals surface area contributed by atoms with Crippen LogP contribution in [0.4, 0.5) is 11.6 Å². The molecule has 0 saturated heterocycles. The first-order valence-electron chi connectivity index (χ1n) is 11.1. The minimum absolute atomic E-state index is 0.121. The van der Waals surface area contributed by atoms with Crippen molar-refractivity contribution < 1.29 is 0 Å². The van der Waals surface area contributed by atoms with E-state index in [0.29, 0.717) is 17.2 Å². The number of hydrogen-bond donors (Lipinski definition) is 1. The molecule has 0 radical (unpaired) electrons. The summed E-state index contributed by atoms with van der Waals surface area (Å²) >= 11 is 1.76. The number of nitrogens with one attached hydrogen (secondary N) is 1. The normalized spacial score (nSPS) is 16.5. The molecule has 4 nitrogen and oxygen atoms in total. The molecule has 1 aromatic heterocycles. The van der Waals surface area contributed by atoms with E-state index in [0.717, 1.165) is 35.7 Å². The highest BCUT2D eigenvalue weighted by Crippen LogP contribution is 2.30. The molecule has 0 spiro atoms. The van der Waals surface area contributed by atoms with Crippen LogP contribution in [0.1, 0.15) is 32.3 Å². The molecule has 0 aromatic carbocycles. The van der Waals surface area contributed by atoms with Gasteiger partial charge in [0, 0.05) is 34.2 Å². The standard InChI is InChI=1S/C28H31N3OS/c1-5-19-33-22(4)21(3)29-28-25(6-2)26(32)20-27(30-23-15-11-7-8-12-16-23)31(28)24-17-13-9-10-14-18-24/h5-7,9,11-18,20,22,30H,1-2,8,10,19H2,3-4H3/b29-21-. The van der Waals surface area contributed by atoms with E-state index in [2.05, 4.69) is 55.8 Å². The number of pyridine rings is 1. The highest BCUT2D eigenvalue weighted by atomic mass is 32.2. The SMILES string of the molecule is C=CCSC(C)/C(C)=N\c1c(C=C)c(=O)cc(NC2=CC=CCC=C2)n1C1=CC=CCC=C1. The number of nitrogens with zero attached hydrogens (tertiary/aromatic N) is 2. The van der Waals surface area contributed by atoms with Gasteiger partial charge in [-0.25, -0.2) is 4.99 Å². The van der Waals surface area contributed by atoms with Crippen LogP contribution < -0.4 is 10.7 Å². The van der Waals surface area contributed by atoms with Crippen LogP contribution in [-0.4, -0.2) is 21.3 Å². The second-order valence-corrected chi connectivity index (χ2v) is 9.03. The van der Waals surface area contributed by atoms with Crippen molar-refractivity contribution in [3.63, 3.8) is 0 Å². The van der Waals surface area contributed by atoms with E-state index in [4.69, 9.17) is 4.99 Å². The number of allylic oxidation sites excluding steroid dienone is 11. The summed E-state index contributed by atoms with van der Waals surface area (Å²) in [6.45, 7) is 11.8. The zero-order valence-corrected chi connectivity index (χ0v) is 20.1. The minimum atomic E-state index is -0.121. The van der Waals surface area contributed by atoms with Gasteiger partial charge in [-0.2, -0.15) is 0 Å². The molecule has 0 amide bonds. The van der Waals surface area contributed by atoms with Gasteiger partial charge in [0.05, 0.1) is 5.56 Å². The summed E-state index contributed by atoms with van der Waals surface area (Å²) in [5.41, 5.74) is 3.11. The molecule has 2 aliphatic rings. The Kier molecular flexibility index (Phi) is 8.90. The Labute approximate surface area is 200 Å². The summed E-state index contributed by atoms with van der Waals surface area (Å²) in [4.78, 5) is 18.1. The van der Waals surface area contributed by atoms with Crippen molar-refractivity contribution >= 4 is 40.9 Å². The Hall–Kier alpha value is -3.31. The molecule has 5 heteroatoms. The molecule has 2 aliphatic carbocycles.